The van der Waals surface area contributed by atoms with Gasteiger partial charge in [-0.1, -0.05) is 20.8 Å². The van der Waals surface area contributed by atoms with Crippen LogP contribution in [0, 0.1) is 5.92 Å². The predicted octanol–water partition coefficient (Wildman–Crippen LogP) is 3.88. The minimum absolute atomic E-state index is 0.0499. The molecule has 4 nitrogen and oxygen atoms in total. The van der Waals surface area contributed by atoms with Crippen LogP contribution in [-0.4, -0.2) is 34.1 Å². The van der Waals surface area contributed by atoms with Crippen molar-refractivity contribution in [2.75, 3.05) is 19.8 Å². The molecule has 0 amide bonds. The van der Waals surface area contributed by atoms with Crippen LogP contribution in [0.25, 0.3) is 0 Å². The quantitative estimate of drug-likeness (QED) is 0.334. The van der Waals surface area contributed by atoms with Crippen LogP contribution in [0.15, 0.2) is 11.8 Å². The molecule has 21 heavy (non-hydrogen) atoms. The number of hydrogen-bond donors (Lipinski definition) is 0. The van der Waals surface area contributed by atoms with Gasteiger partial charge in [0.25, 0.3) is 8.32 Å². The Balaban J connectivity index is 2.91. The van der Waals surface area contributed by atoms with Crippen LogP contribution in [0.1, 0.15) is 40.5 Å². The second kappa shape index (κ2) is 7.45. The van der Waals surface area contributed by atoms with Crippen LogP contribution < -0.4 is 0 Å². The molecule has 0 saturated carbocycles. The molecule has 5 heteroatoms. The largest absolute Gasteiger partial charge is 0.539 e. The van der Waals surface area contributed by atoms with Crippen LogP contribution in [0.5, 0.6) is 0 Å². The summed E-state index contributed by atoms with van der Waals surface area (Å²) in [4.78, 5) is 12.2. The van der Waals surface area contributed by atoms with E-state index in [1.807, 2.05) is 13.0 Å². The van der Waals surface area contributed by atoms with Gasteiger partial charge in [0.05, 0.1) is 6.61 Å². The van der Waals surface area contributed by atoms with E-state index in [0.29, 0.717) is 18.3 Å². The molecule has 0 unspecified atom stereocenters. The van der Waals surface area contributed by atoms with Crippen molar-refractivity contribution < 1.29 is 18.7 Å². The van der Waals surface area contributed by atoms with Crippen molar-refractivity contribution in [3.63, 3.8) is 0 Å². The van der Waals surface area contributed by atoms with Crippen molar-refractivity contribution in [3.05, 3.63) is 11.8 Å². The predicted molar refractivity (Wildman–Crippen MR) is 86.5 cm³/mol. The molecule has 122 valence electrons. The maximum absolute atomic E-state index is 12.2. The Kier molecular flexibility index (Phi) is 6.47. The molecule has 0 spiro atoms. The summed E-state index contributed by atoms with van der Waals surface area (Å²) in [5.74, 6) is 0.395. The Hall–Kier alpha value is -0.813. The van der Waals surface area contributed by atoms with Crippen molar-refractivity contribution in [1.82, 2.24) is 0 Å². The number of hydrogen-bond acceptors (Lipinski definition) is 4. The summed E-state index contributed by atoms with van der Waals surface area (Å²) in [6, 6.07) is 0. The molecule has 0 aromatic carbocycles. The van der Waals surface area contributed by atoms with Gasteiger partial charge in [0.15, 0.2) is 5.76 Å². The fourth-order valence-corrected chi connectivity index (χ4v) is 2.88. The van der Waals surface area contributed by atoms with Crippen LogP contribution in [-0.2, 0) is 18.7 Å². The first-order valence-corrected chi connectivity index (χ1v) is 10.7. The minimum atomic E-state index is -2.04. The number of carbonyl (C=O) groups is 1. The summed E-state index contributed by atoms with van der Waals surface area (Å²) in [5.41, 5.74) is 0. The van der Waals surface area contributed by atoms with Gasteiger partial charge in [0.1, 0.15) is 0 Å². The lowest BCUT2D eigenvalue weighted by atomic mass is 9.99. The zero-order valence-electron chi connectivity index (χ0n) is 14.3. The zero-order chi connectivity index (χ0) is 16.1. The van der Waals surface area contributed by atoms with Crippen molar-refractivity contribution in [1.29, 1.82) is 0 Å². The maximum atomic E-state index is 12.2. The van der Waals surface area contributed by atoms with E-state index >= 15 is 0 Å². The van der Waals surface area contributed by atoms with E-state index in [1.165, 1.54) is 0 Å². The summed E-state index contributed by atoms with van der Waals surface area (Å²) in [6.07, 6.45) is 3.83. The van der Waals surface area contributed by atoms with Gasteiger partial charge >= 0.3 is 5.97 Å². The maximum Gasteiger partial charge on any atom is 0.371 e. The molecule has 0 aliphatic carbocycles. The Bertz CT molecular complexity index is 376. The lowest BCUT2D eigenvalue weighted by molar-refractivity contribution is -0.141. The Morgan fingerprint density at radius 1 is 1.29 bits per heavy atom. The van der Waals surface area contributed by atoms with Gasteiger partial charge in [-0.25, -0.2) is 4.79 Å². The topological polar surface area (TPSA) is 44.8 Å². The van der Waals surface area contributed by atoms with E-state index in [2.05, 4.69) is 33.9 Å². The SMILES string of the molecule is CCOC(=O)/C(=C\C1CCOCC1)O[Si](C)(C)C(C)(C)C. The van der Waals surface area contributed by atoms with Crippen molar-refractivity contribution in [3.8, 4) is 0 Å². The fraction of sp³-hybridized carbons (Fsp3) is 0.812. The first-order valence-electron chi connectivity index (χ1n) is 7.83. The molecule has 1 aliphatic rings. The van der Waals surface area contributed by atoms with Gasteiger partial charge in [-0.2, -0.15) is 0 Å². The van der Waals surface area contributed by atoms with E-state index in [-0.39, 0.29) is 11.0 Å². The monoisotopic (exact) mass is 314 g/mol. The molecule has 0 radical (unpaired) electrons. The standard InChI is InChI=1S/C16H30O4Si/c1-7-19-15(17)14(12-13-8-10-18-11-9-13)20-21(5,6)16(2,3)4/h12-13H,7-11H2,1-6H3/b14-12+. The molecule has 1 saturated heterocycles. The highest BCUT2D eigenvalue weighted by Gasteiger charge is 2.40. The summed E-state index contributed by atoms with van der Waals surface area (Å²) >= 11 is 0. The number of allylic oxidation sites excluding steroid dienone is 1. The average molecular weight is 314 g/mol. The smallest absolute Gasteiger partial charge is 0.371 e. The first kappa shape index (κ1) is 18.2. The summed E-state index contributed by atoms with van der Waals surface area (Å²) in [6.45, 7) is 14.5. The van der Waals surface area contributed by atoms with Crippen LogP contribution >= 0.6 is 0 Å². The highest BCUT2D eigenvalue weighted by molar-refractivity contribution is 6.74. The molecular formula is C16H30O4Si. The lowest BCUT2D eigenvalue weighted by Gasteiger charge is -2.37. The van der Waals surface area contributed by atoms with Crippen LogP contribution in [0.4, 0.5) is 0 Å². The van der Waals surface area contributed by atoms with E-state index in [1.54, 1.807) is 0 Å². The first-order chi connectivity index (χ1) is 9.67. The Labute approximate surface area is 130 Å². The van der Waals surface area contributed by atoms with Gasteiger partial charge in [-0.05, 0) is 49.9 Å². The number of esters is 1. The van der Waals surface area contributed by atoms with E-state index < -0.39 is 8.32 Å². The molecule has 0 bridgehead atoms. The Morgan fingerprint density at radius 3 is 2.33 bits per heavy atom. The third kappa shape index (κ3) is 5.47. The summed E-state index contributed by atoms with van der Waals surface area (Å²) in [7, 11) is -2.04. The average Bonchev–Trinajstić information content (AvgIpc) is 2.38. The van der Waals surface area contributed by atoms with Gasteiger partial charge in [0.2, 0.25) is 0 Å². The molecule has 0 aromatic heterocycles. The lowest BCUT2D eigenvalue weighted by Crippen LogP contribution is -2.41. The molecule has 0 atom stereocenters. The van der Waals surface area contributed by atoms with Crippen LogP contribution in [0.3, 0.4) is 0 Å². The van der Waals surface area contributed by atoms with Crippen molar-refractivity contribution >= 4 is 14.3 Å². The van der Waals surface area contributed by atoms with Crippen molar-refractivity contribution in [2.24, 2.45) is 5.92 Å². The minimum Gasteiger partial charge on any atom is -0.539 e. The van der Waals surface area contributed by atoms with Gasteiger partial charge in [0, 0.05) is 13.2 Å². The molecule has 1 heterocycles. The van der Waals surface area contributed by atoms with E-state index in [4.69, 9.17) is 13.9 Å². The molecular weight excluding hydrogens is 284 g/mol. The second-order valence-corrected chi connectivity index (χ2v) is 11.8. The normalized spacial score (nSPS) is 18.5. The van der Waals surface area contributed by atoms with Gasteiger partial charge in [-0.15, -0.1) is 0 Å². The molecule has 0 N–H and O–H groups in total. The molecule has 1 fully saturated rings. The number of carbonyl (C=O) groups excluding carboxylic acids is 1. The number of ether oxygens (including phenoxy) is 2. The van der Waals surface area contributed by atoms with E-state index in [0.717, 1.165) is 26.1 Å². The fourth-order valence-electron chi connectivity index (χ4n) is 1.87. The summed E-state index contributed by atoms with van der Waals surface area (Å²) in [5, 5.41) is 0.0499. The Morgan fingerprint density at radius 2 is 1.86 bits per heavy atom. The van der Waals surface area contributed by atoms with Gasteiger partial charge in [-0.3, -0.25) is 0 Å². The molecule has 1 rings (SSSR count). The third-order valence-electron chi connectivity index (χ3n) is 4.30. The second-order valence-electron chi connectivity index (χ2n) is 7.06. The zero-order valence-corrected chi connectivity index (χ0v) is 15.3. The number of rotatable bonds is 5. The molecule has 0 aromatic rings. The van der Waals surface area contributed by atoms with Crippen molar-refractivity contribution in [2.45, 2.75) is 58.7 Å². The van der Waals surface area contributed by atoms with E-state index in [9.17, 15) is 4.79 Å². The molecule has 1 aliphatic heterocycles. The highest BCUT2D eigenvalue weighted by atomic mass is 28.4. The summed E-state index contributed by atoms with van der Waals surface area (Å²) < 4.78 is 16.7. The van der Waals surface area contributed by atoms with Gasteiger partial charge < -0.3 is 13.9 Å². The third-order valence-corrected chi connectivity index (χ3v) is 8.64. The van der Waals surface area contributed by atoms with Crippen LogP contribution in [0.2, 0.25) is 18.1 Å². The highest BCUT2D eigenvalue weighted by Crippen LogP contribution is 2.38.